The number of anilines is 1. The zero-order chi connectivity index (χ0) is 13.7. The molecule has 1 aromatic carbocycles. The van der Waals surface area contributed by atoms with Crippen molar-refractivity contribution in [3.05, 3.63) is 36.5 Å². The summed E-state index contributed by atoms with van der Waals surface area (Å²) in [6, 6.07) is 9.76. The van der Waals surface area contributed by atoms with Crippen molar-refractivity contribution < 1.29 is 4.79 Å². The highest BCUT2D eigenvalue weighted by Crippen LogP contribution is 2.17. The number of pyridine rings is 1. The van der Waals surface area contributed by atoms with E-state index in [4.69, 9.17) is 5.73 Å². The maximum absolute atomic E-state index is 11.9. The number of benzene rings is 1. The molecule has 1 unspecified atom stereocenters. The molecule has 1 atom stereocenters. The van der Waals surface area contributed by atoms with E-state index in [2.05, 4.69) is 10.3 Å². The third-order valence-corrected chi connectivity index (χ3v) is 3.26. The summed E-state index contributed by atoms with van der Waals surface area (Å²) in [6.45, 7) is 2.59. The van der Waals surface area contributed by atoms with Crippen LogP contribution in [0.1, 0.15) is 19.8 Å². The molecule has 0 fully saturated rings. The van der Waals surface area contributed by atoms with Crippen molar-refractivity contribution >= 4 is 22.5 Å². The summed E-state index contributed by atoms with van der Waals surface area (Å²) < 4.78 is 0. The highest BCUT2D eigenvalue weighted by atomic mass is 16.1. The van der Waals surface area contributed by atoms with Gasteiger partial charge in [-0.1, -0.05) is 31.5 Å². The lowest BCUT2D eigenvalue weighted by Crippen LogP contribution is -2.21. The number of fused-ring (bicyclic) bond motifs is 1. The van der Waals surface area contributed by atoms with Gasteiger partial charge in [0.2, 0.25) is 5.91 Å². The van der Waals surface area contributed by atoms with Gasteiger partial charge in [0.1, 0.15) is 0 Å². The van der Waals surface area contributed by atoms with E-state index in [0.29, 0.717) is 13.0 Å². The maximum Gasteiger partial charge on any atom is 0.224 e. The van der Waals surface area contributed by atoms with Crippen molar-refractivity contribution in [2.45, 2.75) is 19.8 Å². The lowest BCUT2D eigenvalue weighted by atomic mass is 10.0. The standard InChI is InChI=1S/C15H19N3O/c1-2-11(9-16)7-15(19)18-13-8-12-5-3-4-6-14(12)17-10-13/h3-6,8,10-11H,2,7,9,16H2,1H3,(H,18,19). The van der Waals surface area contributed by atoms with Gasteiger partial charge in [0.25, 0.3) is 0 Å². The second-order valence-electron chi connectivity index (χ2n) is 4.68. The molecule has 0 aliphatic carbocycles. The predicted octanol–water partition coefficient (Wildman–Crippen LogP) is 2.55. The van der Waals surface area contributed by atoms with Crippen molar-refractivity contribution in [3.63, 3.8) is 0 Å². The number of carbonyl (C=O) groups excluding carboxylic acids is 1. The van der Waals surface area contributed by atoms with Gasteiger partial charge < -0.3 is 11.1 Å². The molecule has 0 spiro atoms. The van der Waals surface area contributed by atoms with Gasteiger partial charge in [0.05, 0.1) is 17.4 Å². The van der Waals surface area contributed by atoms with E-state index < -0.39 is 0 Å². The topological polar surface area (TPSA) is 68.0 Å². The van der Waals surface area contributed by atoms with Crippen LogP contribution in [0.2, 0.25) is 0 Å². The minimum absolute atomic E-state index is 0.00520. The number of nitrogens with zero attached hydrogens (tertiary/aromatic N) is 1. The Kier molecular flexibility index (Phi) is 4.47. The smallest absolute Gasteiger partial charge is 0.224 e. The summed E-state index contributed by atoms with van der Waals surface area (Å²) in [7, 11) is 0. The minimum Gasteiger partial charge on any atom is -0.330 e. The maximum atomic E-state index is 11.9. The molecule has 2 rings (SSSR count). The van der Waals surface area contributed by atoms with Crippen molar-refractivity contribution in [1.82, 2.24) is 4.98 Å². The summed E-state index contributed by atoms with van der Waals surface area (Å²) in [6.07, 6.45) is 3.06. The van der Waals surface area contributed by atoms with Gasteiger partial charge in [-0.3, -0.25) is 9.78 Å². The first-order chi connectivity index (χ1) is 9.22. The summed E-state index contributed by atoms with van der Waals surface area (Å²) in [4.78, 5) is 16.2. The lowest BCUT2D eigenvalue weighted by Gasteiger charge is -2.12. The van der Waals surface area contributed by atoms with Crippen molar-refractivity contribution in [1.29, 1.82) is 0 Å². The van der Waals surface area contributed by atoms with Crippen LogP contribution in [0.5, 0.6) is 0 Å². The SMILES string of the molecule is CCC(CN)CC(=O)Nc1cnc2ccccc2c1. The van der Waals surface area contributed by atoms with Crippen LogP contribution < -0.4 is 11.1 Å². The number of aromatic nitrogens is 1. The number of nitrogens with one attached hydrogen (secondary N) is 1. The normalized spacial score (nSPS) is 12.3. The van der Waals surface area contributed by atoms with Crippen LogP contribution in [0.4, 0.5) is 5.69 Å². The monoisotopic (exact) mass is 257 g/mol. The highest BCUT2D eigenvalue weighted by Gasteiger charge is 2.10. The van der Waals surface area contributed by atoms with E-state index in [0.717, 1.165) is 23.0 Å². The first kappa shape index (κ1) is 13.5. The Labute approximate surface area is 113 Å². The molecule has 100 valence electrons. The first-order valence-electron chi connectivity index (χ1n) is 6.57. The predicted molar refractivity (Wildman–Crippen MR) is 77.8 cm³/mol. The van der Waals surface area contributed by atoms with Crippen LogP contribution in [0.3, 0.4) is 0 Å². The minimum atomic E-state index is -0.00520. The summed E-state index contributed by atoms with van der Waals surface area (Å²) >= 11 is 0. The third kappa shape index (κ3) is 3.51. The molecule has 0 radical (unpaired) electrons. The van der Waals surface area contributed by atoms with Gasteiger partial charge in [-0.05, 0) is 24.6 Å². The molecule has 19 heavy (non-hydrogen) atoms. The van der Waals surface area contributed by atoms with E-state index in [1.807, 2.05) is 37.3 Å². The lowest BCUT2D eigenvalue weighted by molar-refractivity contribution is -0.117. The van der Waals surface area contributed by atoms with Gasteiger partial charge in [0.15, 0.2) is 0 Å². The molecule has 4 heteroatoms. The molecule has 0 saturated heterocycles. The molecule has 2 aromatic rings. The Morgan fingerprint density at radius 2 is 2.21 bits per heavy atom. The summed E-state index contributed by atoms with van der Waals surface area (Å²) in [5, 5.41) is 3.90. The Hall–Kier alpha value is -1.94. The van der Waals surface area contributed by atoms with Gasteiger partial charge >= 0.3 is 0 Å². The van der Waals surface area contributed by atoms with Gasteiger partial charge in [-0.25, -0.2) is 0 Å². The van der Waals surface area contributed by atoms with Crippen LogP contribution in [0.25, 0.3) is 10.9 Å². The second kappa shape index (κ2) is 6.29. The van der Waals surface area contributed by atoms with Gasteiger partial charge in [-0.2, -0.15) is 0 Å². The fraction of sp³-hybridized carbons (Fsp3) is 0.333. The Bertz CT molecular complexity index is 564. The zero-order valence-corrected chi connectivity index (χ0v) is 11.1. The van der Waals surface area contributed by atoms with E-state index in [1.165, 1.54) is 0 Å². The molecule has 0 bridgehead atoms. The van der Waals surface area contributed by atoms with E-state index >= 15 is 0 Å². The third-order valence-electron chi connectivity index (χ3n) is 3.26. The largest absolute Gasteiger partial charge is 0.330 e. The molecule has 0 saturated carbocycles. The number of para-hydroxylation sites is 1. The fourth-order valence-electron chi connectivity index (χ4n) is 2.01. The second-order valence-corrected chi connectivity index (χ2v) is 4.68. The van der Waals surface area contributed by atoms with Crippen LogP contribution in [-0.2, 0) is 4.79 Å². The molecule has 3 N–H and O–H groups in total. The summed E-state index contributed by atoms with van der Waals surface area (Å²) in [5.74, 6) is 0.239. The highest BCUT2D eigenvalue weighted by molar-refractivity contribution is 5.93. The number of nitrogens with two attached hydrogens (primary N) is 1. The van der Waals surface area contributed by atoms with Crippen molar-refractivity contribution in [3.8, 4) is 0 Å². The van der Waals surface area contributed by atoms with Gasteiger partial charge in [-0.15, -0.1) is 0 Å². The Balaban J connectivity index is 2.06. The number of carbonyl (C=O) groups is 1. The average Bonchev–Trinajstić information content (AvgIpc) is 2.44. The van der Waals surface area contributed by atoms with E-state index in [-0.39, 0.29) is 11.8 Å². The number of hydrogen-bond acceptors (Lipinski definition) is 3. The molecular weight excluding hydrogens is 238 g/mol. The van der Waals surface area contributed by atoms with Gasteiger partial charge in [0, 0.05) is 11.8 Å². The van der Waals surface area contributed by atoms with E-state index in [1.54, 1.807) is 6.20 Å². The first-order valence-corrected chi connectivity index (χ1v) is 6.57. The molecule has 1 heterocycles. The van der Waals surface area contributed by atoms with Crippen LogP contribution in [0.15, 0.2) is 36.5 Å². The molecular formula is C15H19N3O. The number of hydrogen-bond donors (Lipinski definition) is 2. The fourth-order valence-corrected chi connectivity index (χ4v) is 2.01. The number of amides is 1. The average molecular weight is 257 g/mol. The van der Waals surface area contributed by atoms with Crippen LogP contribution >= 0.6 is 0 Å². The Morgan fingerprint density at radius 1 is 1.42 bits per heavy atom. The van der Waals surface area contributed by atoms with E-state index in [9.17, 15) is 4.79 Å². The molecule has 1 aromatic heterocycles. The molecule has 1 amide bonds. The molecule has 4 nitrogen and oxygen atoms in total. The zero-order valence-electron chi connectivity index (χ0n) is 11.1. The summed E-state index contributed by atoms with van der Waals surface area (Å²) in [5.41, 5.74) is 7.26. The van der Waals surface area contributed by atoms with Crippen LogP contribution in [-0.4, -0.2) is 17.4 Å². The van der Waals surface area contributed by atoms with Crippen LogP contribution in [0, 0.1) is 5.92 Å². The van der Waals surface area contributed by atoms with Crippen molar-refractivity contribution in [2.75, 3.05) is 11.9 Å². The molecule has 0 aliphatic rings. The number of rotatable bonds is 5. The quantitative estimate of drug-likeness (QED) is 0.865. The van der Waals surface area contributed by atoms with Crippen molar-refractivity contribution in [2.24, 2.45) is 11.7 Å². The molecule has 0 aliphatic heterocycles. The Morgan fingerprint density at radius 3 is 2.95 bits per heavy atom.